The summed E-state index contributed by atoms with van der Waals surface area (Å²) >= 11 is 0. The predicted molar refractivity (Wildman–Crippen MR) is 352 cm³/mol. The molecule has 0 heterocycles. The number of carbonyl (C=O) groups excluding carboxylic acids is 3. The van der Waals surface area contributed by atoms with Gasteiger partial charge in [0.05, 0.1) is 0 Å². The van der Waals surface area contributed by atoms with Gasteiger partial charge in [-0.15, -0.1) is 0 Å². The van der Waals surface area contributed by atoms with E-state index >= 15 is 0 Å². The summed E-state index contributed by atoms with van der Waals surface area (Å²) in [4.78, 5) is 38.3. The highest BCUT2D eigenvalue weighted by atomic mass is 16.6. The summed E-state index contributed by atoms with van der Waals surface area (Å²) in [5, 5.41) is 0. The summed E-state index contributed by atoms with van der Waals surface area (Å²) < 4.78 is 16.8. The number of hydrogen-bond acceptors (Lipinski definition) is 6. The molecule has 6 nitrogen and oxygen atoms in total. The molecule has 0 spiro atoms. The first-order chi connectivity index (χ1) is 40.0. The molecule has 0 fully saturated rings. The van der Waals surface area contributed by atoms with E-state index in [0.717, 1.165) is 180 Å². The van der Waals surface area contributed by atoms with E-state index in [4.69, 9.17) is 14.2 Å². The molecule has 0 aromatic heterocycles. The lowest BCUT2D eigenvalue weighted by Gasteiger charge is -2.18. The van der Waals surface area contributed by atoms with Gasteiger partial charge >= 0.3 is 17.9 Å². The molecule has 0 aliphatic heterocycles. The molecule has 0 N–H and O–H groups in total. The minimum atomic E-state index is -0.844. The highest BCUT2D eigenvalue weighted by Gasteiger charge is 2.19. The van der Waals surface area contributed by atoms with Crippen molar-refractivity contribution < 1.29 is 28.6 Å². The molecule has 0 radical (unpaired) electrons. The van der Waals surface area contributed by atoms with Gasteiger partial charge in [0.15, 0.2) is 6.10 Å². The Balaban J connectivity index is 4.55. The van der Waals surface area contributed by atoms with Gasteiger partial charge in [-0.2, -0.15) is 0 Å². The summed E-state index contributed by atoms with van der Waals surface area (Å²) in [6.45, 7) is 6.19. The van der Waals surface area contributed by atoms with Crippen molar-refractivity contribution >= 4 is 17.9 Å². The number of ether oxygens (including phenoxy) is 3. The zero-order valence-electron chi connectivity index (χ0n) is 51.2. The highest BCUT2D eigenvalue weighted by Crippen LogP contribution is 2.12. The van der Waals surface area contributed by atoms with E-state index < -0.39 is 12.1 Å². The molecule has 0 aromatic carbocycles. The lowest BCUT2D eigenvalue weighted by atomic mass is 10.1. The molecule has 0 aromatic rings. The first-order valence-corrected chi connectivity index (χ1v) is 31.6. The minimum Gasteiger partial charge on any atom is -0.462 e. The molecule has 0 rings (SSSR count). The quantitative estimate of drug-likeness (QED) is 0.0261. The maximum Gasteiger partial charge on any atom is 0.306 e. The van der Waals surface area contributed by atoms with Crippen LogP contribution in [0.2, 0.25) is 0 Å². The molecule has 0 saturated carbocycles. The lowest BCUT2D eigenvalue weighted by Crippen LogP contribution is -2.30. The fourth-order valence-electron chi connectivity index (χ4n) is 7.66. The standard InChI is InChI=1S/C75H112O6/c1-4-7-10-13-16-19-22-25-28-31-32-33-34-35-36-37-38-39-40-41-42-45-47-50-53-56-59-62-65-68-74(77)80-71-72(81-75(78)69-66-63-60-57-54-51-48-44-30-27-24-21-18-15-12-9-6-3)70-79-73(76)67-64-61-58-55-52-49-46-43-29-26-23-20-17-14-11-8-5-2/h7-12,16-21,25-30,32-33,35-36,38-39,41-42,46-51,57,60,72H,4-6,13-15,22-24,31,34,37,40,43-45,52-56,58-59,61-71H2,1-3H3/b10-7-,11-8-,12-9-,19-16-,20-17-,21-18-,28-25-,29-26-,30-27-,33-32-,36-35-,39-38-,42-41-,49-46-,50-47-,51-48-,60-57-. The average Bonchev–Trinajstić information content (AvgIpc) is 3.47. The van der Waals surface area contributed by atoms with Crippen LogP contribution >= 0.6 is 0 Å². The number of rotatable bonds is 54. The number of carbonyl (C=O) groups is 3. The highest BCUT2D eigenvalue weighted by molar-refractivity contribution is 5.71. The van der Waals surface area contributed by atoms with Crippen LogP contribution < -0.4 is 0 Å². The van der Waals surface area contributed by atoms with Crippen LogP contribution in [0.1, 0.15) is 226 Å². The van der Waals surface area contributed by atoms with E-state index in [2.05, 4.69) is 227 Å². The summed E-state index contributed by atoms with van der Waals surface area (Å²) in [7, 11) is 0. The second-order valence-electron chi connectivity index (χ2n) is 19.8. The summed E-state index contributed by atoms with van der Waals surface area (Å²) in [5.74, 6) is -1.05. The third kappa shape index (κ3) is 64.7. The fraction of sp³-hybridized carbons (Fsp3) is 0.507. The Morgan fingerprint density at radius 2 is 0.457 bits per heavy atom. The Labute approximate surface area is 496 Å². The lowest BCUT2D eigenvalue weighted by molar-refractivity contribution is -0.167. The molecule has 81 heavy (non-hydrogen) atoms. The first kappa shape index (κ1) is 75.0. The molecule has 0 saturated heterocycles. The van der Waals surface area contributed by atoms with Crippen molar-refractivity contribution in [3.63, 3.8) is 0 Å². The van der Waals surface area contributed by atoms with E-state index in [0.29, 0.717) is 19.3 Å². The van der Waals surface area contributed by atoms with Crippen LogP contribution in [0.25, 0.3) is 0 Å². The van der Waals surface area contributed by atoms with E-state index in [9.17, 15) is 14.4 Å². The number of unbranched alkanes of at least 4 members (excludes halogenated alkanes) is 9. The average molecular weight is 1110 g/mol. The Morgan fingerprint density at radius 1 is 0.247 bits per heavy atom. The fourth-order valence-corrected chi connectivity index (χ4v) is 7.66. The van der Waals surface area contributed by atoms with Gasteiger partial charge in [-0.05, 0) is 161 Å². The van der Waals surface area contributed by atoms with E-state index in [-0.39, 0.29) is 31.6 Å². The van der Waals surface area contributed by atoms with Gasteiger partial charge in [-0.3, -0.25) is 14.4 Å². The summed E-state index contributed by atoms with van der Waals surface area (Å²) in [5.41, 5.74) is 0. The van der Waals surface area contributed by atoms with Crippen molar-refractivity contribution in [1.82, 2.24) is 0 Å². The van der Waals surface area contributed by atoms with Crippen molar-refractivity contribution in [2.45, 2.75) is 232 Å². The Hall–Kier alpha value is -6.01. The van der Waals surface area contributed by atoms with Crippen LogP contribution in [-0.2, 0) is 28.6 Å². The largest absolute Gasteiger partial charge is 0.462 e. The molecule has 1 unspecified atom stereocenters. The Kier molecular flexibility index (Phi) is 61.6. The van der Waals surface area contributed by atoms with Crippen LogP contribution in [0.4, 0.5) is 0 Å². The molecular weight excluding hydrogens is 997 g/mol. The Bertz CT molecular complexity index is 2000. The summed E-state index contributed by atoms with van der Waals surface area (Å²) in [6.07, 6.45) is 103. The van der Waals surface area contributed by atoms with Gasteiger partial charge < -0.3 is 14.2 Å². The number of hydrogen-bond donors (Lipinski definition) is 0. The number of allylic oxidation sites excluding steroid dienone is 34. The third-order valence-electron chi connectivity index (χ3n) is 12.3. The molecule has 1 atom stereocenters. The second kappa shape index (κ2) is 66.5. The Morgan fingerprint density at radius 3 is 0.716 bits per heavy atom. The molecule has 0 bridgehead atoms. The predicted octanol–water partition coefficient (Wildman–Crippen LogP) is 22.0. The minimum absolute atomic E-state index is 0.134. The van der Waals surface area contributed by atoms with E-state index in [1.807, 2.05) is 0 Å². The smallest absolute Gasteiger partial charge is 0.306 e. The van der Waals surface area contributed by atoms with Crippen molar-refractivity contribution in [1.29, 1.82) is 0 Å². The van der Waals surface area contributed by atoms with Crippen LogP contribution in [-0.4, -0.2) is 37.2 Å². The molecule has 448 valence electrons. The third-order valence-corrected chi connectivity index (χ3v) is 12.3. The normalized spacial score (nSPS) is 13.6. The second-order valence-corrected chi connectivity index (χ2v) is 19.8. The van der Waals surface area contributed by atoms with Crippen molar-refractivity contribution in [3.05, 3.63) is 207 Å². The van der Waals surface area contributed by atoms with Crippen LogP contribution in [0.15, 0.2) is 207 Å². The zero-order valence-corrected chi connectivity index (χ0v) is 51.2. The van der Waals surface area contributed by atoms with Crippen LogP contribution in [0, 0.1) is 0 Å². The topological polar surface area (TPSA) is 78.9 Å². The van der Waals surface area contributed by atoms with Crippen molar-refractivity contribution in [2.75, 3.05) is 13.2 Å². The van der Waals surface area contributed by atoms with Gasteiger partial charge in [-0.1, -0.05) is 253 Å². The molecule has 0 aliphatic rings. The van der Waals surface area contributed by atoms with Gasteiger partial charge in [0.1, 0.15) is 13.2 Å². The number of esters is 3. The summed E-state index contributed by atoms with van der Waals surface area (Å²) in [6, 6.07) is 0. The SMILES string of the molecule is CC/C=C\C/C=C\C/C=C\C/C=C\C/C=C\C/C=C\C/C=C\C/C=C\CCCCCCC(=O)OCC(COC(=O)CCCCCC/C=C\C/C=C\C/C=C\C/C=C\CC)OC(=O)CCC/C=C\C/C=C\C/C=C\C/C=C\C/C=C\CC. The maximum absolute atomic E-state index is 12.9. The van der Waals surface area contributed by atoms with Gasteiger partial charge in [0.2, 0.25) is 0 Å². The zero-order chi connectivity index (χ0) is 58.5. The molecule has 0 amide bonds. The maximum atomic E-state index is 12.9. The first-order valence-electron chi connectivity index (χ1n) is 31.6. The monoisotopic (exact) mass is 1110 g/mol. The van der Waals surface area contributed by atoms with Gasteiger partial charge in [0.25, 0.3) is 0 Å². The van der Waals surface area contributed by atoms with E-state index in [1.165, 1.54) is 0 Å². The molecule has 0 aliphatic carbocycles. The van der Waals surface area contributed by atoms with Crippen molar-refractivity contribution in [3.8, 4) is 0 Å². The van der Waals surface area contributed by atoms with Crippen LogP contribution in [0.5, 0.6) is 0 Å². The van der Waals surface area contributed by atoms with E-state index in [1.54, 1.807) is 0 Å². The molecule has 6 heteroatoms. The van der Waals surface area contributed by atoms with Gasteiger partial charge in [-0.25, -0.2) is 0 Å². The van der Waals surface area contributed by atoms with Crippen LogP contribution in [0.3, 0.4) is 0 Å². The van der Waals surface area contributed by atoms with Crippen molar-refractivity contribution in [2.24, 2.45) is 0 Å². The van der Waals surface area contributed by atoms with Gasteiger partial charge in [0, 0.05) is 19.3 Å². The molecular formula is C75H112O6.